The van der Waals surface area contributed by atoms with Crippen LogP contribution in [0.2, 0.25) is 0 Å². The van der Waals surface area contributed by atoms with Gasteiger partial charge in [0.2, 0.25) is 0 Å². The molecule has 11 heteroatoms. The number of hydrogen-bond acceptors (Lipinski definition) is 6. The van der Waals surface area contributed by atoms with Crippen molar-refractivity contribution >= 4 is 45.0 Å². The predicted molar refractivity (Wildman–Crippen MR) is 143 cm³/mol. The van der Waals surface area contributed by atoms with Gasteiger partial charge in [-0.25, -0.2) is 0 Å². The third kappa shape index (κ3) is 3.66. The number of aromatic nitrogens is 2. The van der Waals surface area contributed by atoms with Gasteiger partial charge < -0.3 is 9.13 Å². The summed E-state index contributed by atoms with van der Waals surface area (Å²) in [7, 11) is 3.62. The largest absolute Gasteiger partial charge is 0.350 e. The van der Waals surface area contributed by atoms with Crippen molar-refractivity contribution in [3.8, 4) is 0 Å². The van der Waals surface area contributed by atoms with Crippen LogP contribution in [0.4, 0.5) is 11.4 Å². The van der Waals surface area contributed by atoms with Crippen LogP contribution in [0.15, 0.2) is 73.1 Å². The van der Waals surface area contributed by atoms with E-state index < -0.39 is 27.6 Å². The van der Waals surface area contributed by atoms with Crippen LogP contribution < -0.4 is 0 Å². The second-order valence-electron chi connectivity index (χ2n) is 9.63. The van der Waals surface area contributed by atoms with Gasteiger partial charge in [0, 0.05) is 85.0 Å². The van der Waals surface area contributed by atoms with Gasteiger partial charge in [0.1, 0.15) is 0 Å². The Bertz CT molecular complexity index is 1750. The fraction of sp³-hybridized carbons (Fsp3) is 0.143. The Morgan fingerprint density at radius 3 is 1.56 bits per heavy atom. The van der Waals surface area contributed by atoms with Crippen LogP contribution in [-0.4, -0.2) is 42.2 Å². The molecule has 0 radical (unpaired) electrons. The number of carbonyl (C=O) groups excluding carboxylic acids is 2. The lowest BCUT2D eigenvalue weighted by molar-refractivity contribution is -0.384. The van der Waals surface area contributed by atoms with E-state index in [1.54, 1.807) is 36.4 Å². The first-order valence-corrected chi connectivity index (χ1v) is 12.1. The highest BCUT2D eigenvalue weighted by molar-refractivity contribution is 6.21. The number of carbonyl (C=O) groups is 2. The molecule has 1 aliphatic rings. The highest BCUT2D eigenvalue weighted by Gasteiger charge is 2.38. The molecule has 0 saturated heterocycles. The lowest BCUT2D eigenvalue weighted by atomic mass is 9.89. The molecule has 11 nitrogen and oxygen atoms in total. The van der Waals surface area contributed by atoms with E-state index in [1.165, 1.54) is 29.2 Å². The molecule has 39 heavy (non-hydrogen) atoms. The summed E-state index contributed by atoms with van der Waals surface area (Å²) in [5.41, 5.74) is 3.21. The molecule has 3 heterocycles. The Morgan fingerprint density at radius 2 is 1.15 bits per heavy atom. The molecule has 5 aromatic rings. The molecular weight excluding hydrogens is 502 g/mol. The number of non-ortho nitro benzene ring substituents is 2. The normalized spacial score (nSPS) is 13.2. The van der Waals surface area contributed by atoms with Crippen LogP contribution >= 0.6 is 0 Å². The molecule has 0 bridgehead atoms. The monoisotopic (exact) mass is 523 g/mol. The van der Waals surface area contributed by atoms with Crippen LogP contribution in [0.1, 0.15) is 37.8 Å². The van der Waals surface area contributed by atoms with E-state index >= 15 is 0 Å². The number of amides is 2. The lowest BCUT2D eigenvalue weighted by Gasteiger charge is -2.22. The maximum Gasteiger partial charge on any atom is 0.270 e. The Kier molecular flexibility index (Phi) is 5.31. The van der Waals surface area contributed by atoms with E-state index in [4.69, 9.17) is 0 Å². The van der Waals surface area contributed by atoms with Gasteiger partial charge in [0.05, 0.1) is 21.0 Å². The van der Waals surface area contributed by atoms with E-state index in [2.05, 4.69) is 0 Å². The van der Waals surface area contributed by atoms with Gasteiger partial charge in [-0.15, -0.1) is 0 Å². The summed E-state index contributed by atoms with van der Waals surface area (Å²) in [5, 5.41) is 24.4. The summed E-state index contributed by atoms with van der Waals surface area (Å²) < 4.78 is 3.66. The number of nitrogens with zero attached hydrogens (tertiary/aromatic N) is 5. The third-order valence-corrected chi connectivity index (χ3v) is 7.42. The van der Waals surface area contributed by atoms with Crippen LogP contribution in [-0.2, 0) is 14.1 Å². The molecule has 0 spiro atoms. The zero-order valence-electron chi connectivity index (χ0n) is 20.9. The van der Waals surface area contributed by atoms with Gasteiger partial charge in [0.15, 0.2) is 0 Å². The average Bonchev–Trinajstić information content (AvgIpc) is 3.52. The Hall–Kier alpha value is -5.32. The molecule has 0 aliphatic carbocycles. The van der Waals surface area contributed by atoms with Gasteiger partial charge in [-0.2, -0.15) is 0 Å². The van der Waals surface area contributed by atoms with Crippen molar-refractivity contribution in [3.05, 3.63) is 116 Å². The first-order chi connectivity index (χ1) is 18.7. The second kappa shape index (κ2) is 8.62. The van der Waals surface area contributed by atoms with Crippen LogP contribution in [0, 0.1) is 20.2 Å². The van der Waals surface area contributed by atoms with Gasteiger partial charge in [-0.1, -0.05) is 12.1 Å². The van der Waals surface area contributed by atoms with Gasteiger partial charge >= 0.3 is 0 Å². The van der Waals surface area contributed by atoms with E-state index in [0.29, 0.717) is 33.0 Å². The summed E-state index contributed by atoms with van der Waals surface area (Å²) in [6, 6.07) is 15.7. The van der Waals surface area contributed by atoms with Crippen molar-refractivity contribution in [2.75, 3.05) is 6.54 Å². The van der Waals surface area contributed by atoms with Crippen molar-refractivity contribution in [2.45, 2.75) is 5.92 Å². The molecule has 0 saturated carbocycles. The number of aryl methyl sites for hydroxylation is 2. The van der Waals surface area contributed by atoms with Crippen LogP contribution in [0.5, 0.6) is 0 Å². The topological polar surface area (TPSA) is 134 Å². The molecule has 194 valence electrons. The molecular formula is C28H21N5O6. The third-order valence-electron chi connectivity index (χ3n) is 7.42. The number of benzene rings is 3. The van der Waals surface area contributed by atoms with Crippen molar-refractivity contribution < 1.29 is 19.4 Å². The summed E-state index contributed by atoms with van der Waals surface area (Å²) in [6.07, 6.45) is 3.65. The maximum atomic E-state index is 13.3. The van der Waals surface area contributed by atoms with Crippen LogP contribution in [0.25, 0.3) is 21.8 Å². The molecule has 6 rings (SSSR count). The minimum Gasteiger partial charge on any atom is -0.350 e. The fourth-order valence-electron chi connectivity index (χ4n) is 5.56. The Labute approximate surface area is 220 Å². The smallest absolute Gasteiger partial charge is 0.270 e. The lowest BCUT2D eigenvalue weighted by Crippen LogP contribution is -2.34. The van der Waals surface area contributed by atoms with E-state index in [0.717, 1.165) is 11.0 Å². The number of imide groups is 1. The average molecular weight is 524 g/mol. The number of nitro groups is 2. The molecule has 0 N–H and O–H groups in total. The van der Waals surface area contributed by atoms with E-state index in [1.807, 2.05) is 35.6 Å². The first-order valence-electron chi connectivity index (χ1n) is 12.1. The highest BCUT2D eigenvalue weighted by atomic mass is 16.6. The minimum atomic E-state index is -0.636. The minimum absolute atomic E-state index is 0.0596. The Balaban J connectivity index is 1.59. The summed E-state index contributed by atoms with van der Waals surface area (Å²) >= 11 is 0. The Morgan fingerprint density at radius 1 is 0.718 bits per heavy atom. The van der Waals surface area contributed by atoms with E-state index in [9.17, 15) is 29.8 Å². The molecule has 0 unspecified atom stereocenters. The summed E-state index contributed by atoms with van der Waals surface area (Å²) in [6.45, 7) is -0.0596. The number of rotatable bonds is 6. The van der Waals surface area contributed by atoms with E-state index in [-0.39, 0.29) is 17.9 Å². The van der Waals surface area contributed by atoms with Gasteiger partial charge in [-0.05, 0) is 35.4 Å². The standard InChI is InChI=1S/C28H21N5O6/c1-29-13-22(20-11-16(32(36)37)7-9-25(20)29)24(15-31-27(34)18-5-3-4-6-19(18)28(31)35)23-14-30(2)26-10-8-17(33(38)39)12-21(23)26/h3-14,24H,15H2,1-2H3. The molecule has 0 atom stereocenters. The molecule has 1 aliphatic heterocycles. The van der Waals surface area contributed by atoms with Crippen LogP contribution in [0.3, 0.4) is 0 Å². The SMILES string of the molecule is Cn1cc(C(CN2C(=O)c3ccccc3C2=O)c2cn(C)c3ccc([N+](=O)[O-])cc23)c2cc([N+](=O)[O-])ccc21. The molecule has 0 fully saturated rings. The molecule has 2 amide bonds. The summed E-state index contributed by atoms with van der Waals surface area (Å²) in [4.78, 5) is 50.1. The summed E-state index contributed by atoms with van der Waals surface area (Å²) in [5.74, 6) is -1.50. The maximum absolute atomic E-state index is 13.3. The van der Waals surface area contributed by atoms with Crippen molar-refractivity contribution in [3.63, 3.8) is 0 Å². The molecule has 2 aromatic heterocycles. The predicted octanol–water partition coefficient (Wildman–Crippen LogP) is 4.91. The van der Waals surface area contributed by atoms with Crippen molar-refractivity contribution in [1.29, 1.82) is 0 Å². The first kappa shape index (κ1) is 24.0. The zero-order chi connectivity index (χ0) is 27.6. The number of nitro benzene ring substituents is 2. The quantitative estimate of drug-likeness (QED) is 0.176. The van der Waals surface area contributed by atoms with Gasteiger partial charge in [-0.3, -0.25) is 34.7 Å². The number of hydrogen-bond donors (Lipinski definition) is 0. The second-order valence-corrected chi connectivity index (χ2v) is 9.63. The van der Waals surface area contributed by atoms with Gasteiger partial charge in [0.25, 0.3) is 23.2 Å². The molecule has 3 aromatic carbocycles. The van der Waals surface area contributed by atoms with Crippen molar-refractivity contribution in [1.82, 2.24) is 14.0 Å². The number of fused-ring (bicyclic) bond motifs is 3. The van der Waals surface area contributed by atoms with Crippen molar-refractivity contribution in [2.24, 2.45) is 14.1 Å². The zero-order valence-corrected chi connectivity index (χ0v) is 20.9. The highest BCUT2D eigenvalue weighted by Crippen LogP contribution is 2.40. The fourth-order valence-corrected chi connectivity index (χ4v) is 5.56.